The highest BCUT2D eigenvalue weighted by Gasteiger charge is 2.77. The van der Waals surface area contributed by atoms with E-state index in [1.165, 1.54) is 0 Å². The van der Waals surface area contributed by atoms with Gasteiger partial charge in [0, 0.05) is 30.2 Å². The summed E-state index contributed by atoms with van der Waals surface area (Å²) >= 11 is 3.67. The van der Waals surface area contributed by atoms with Gasteiger partial charge in [0.1, 0.15) is 11.6 Å². The standard InChI is InChI=1S/C29H33BrN2O6/c1-3-13-31(20-12-11-18-9-5-6-10-19(18)16-20)27(35)25-29-17-21(30)24(38-29)22(28(36)37-4-2)23(29)26(34)32(25)14-7-8-15-33/h3,5-6,9-12,16,21-25,33H,1,4,7-8,13-15,17H2,2H3/t21?,22-,23+,24-,25-,29+/m0/s1. The zero-order valence-corrected chi connectivity index (χ0v) is 23.0. The van der Waals surface area contributed by atoms with Crippen molar-refractivity contribution in [3.63, 3.8) is 0 Å². The van der Waals surface area contributed by atoms with E-state index in [1.54, 1.807) is 22.8 Å². The van der Waals surface area contributed by atoms with E-state index in [-0.39, 0.29) is 42.9 Å². The molecule has 0 aromatic heterocycles. The number of carbonyl (C=O) groups is 3. The topological polar surface area (TPSA) is 96.4 Å². The summed E-state index contributed by atoms with van der Waals surface area (Å²) in [6.07, 6.45) is 2.56. The molecule has 1 unspecified atom stereocenters. The zero-order valence-electron chi connectivity index (χ0n) is 21.4. The second kappa shape index (κ2) is 10.8. The summed E-state index contributed by atoms with van der Waals surface area (Å²) in [7, 11) is 0. The molecule has 3 saturated heterocycles. The second-order valence-corrected chi connectivity index (χ2v) is 11.3. The Bertz CT molecular complexity index is 1250. The molecular formula is C29H33BrN2O6. The molecule has 3 fully saturated rings. The number of aliphatic hydroxyl groups excluding tert-OH is 1. The van der Waals surface area contributed by atoms with Gasteiger partial charge in [-0.05, 0) is 49.1 Å². The Labute approximate surface area is 230 Å². The van der Waals surface area contributed by atoms with Crippen molar-refractivity contribution in [2.24, 2.45) is 11.8 Å². The minimum Gasteiger partial charge on any atom is -0.466 e. The predicted octanol–water partition coefficient (Wildman–Crippen LogP) is 3.44. The molecule has 2 aromatic carbocycles. The number of likely N-dealkylation sites (tertiary alicyclic amines) is 1. The number of hydrogen-bond donors (Lipinski definition) is 1. The molecule has 2 aromatic rings. The van der Waals surface area contributed by atoms with Crippen molar-refractivity contribution in [1.82, 2.24) is 4.90 Å². The lowest BCUT2D eigenvalue weighted by Crippen LogP contribution is -2.57. The number of amides is 2. The molecule has 2 bridgehead atoms. The second-order valence-electron chi connectivity index (χ2n) is 10.1. The molecule has 3 heterocycles. The van der Waals surface area contributed by atoms with Crippen molar-refractivity contribution in [2.75, 3.05) is 31.2 Å². The number of unbranched alkanes of at least 4 members (excludes halogenated alkanes) is 1. The number of alkyl halides is 1. The summed E-state index contributed by atoms with van der Waals surface area (Å²) in [5.74, 6) is -2.59. The van der Waals surface area contributed by atoms with Crippen LogP contribution in [0.1, 0.15) is 26.2 Å². The van der Waals surface area contributed by atoms with Gasteiger partial charge >= 0.3 is 5.97 Å². The maximum atomic E-state index is 14.5. The van der Waals surface area contributed by atoms with Gasteiger partial charge in [-0.1, -0.05) is 52.3 Å². The first-order chi connectivity index (χ1) is 18.4. The molecule has 38 heavy (non-hydrogen) atoms. The Morgan fingerprint density at radius 3 is 2.74 bits per heavy atom. The Balaban J connectivity index is 1.57. The van der Waals surface area contributed by atoms with Crippen LogP contribution in [-0.2, 0) is 23.9 Å². The maximum absolute atomic E-state index is 14.5. The highest BCUT2D eigenvalue weighted by Crippen LogP contribution is 2.60. The quantitative estimate of drug-likeness (QED) is 0.199. The molecule has 0 aliphatic carbocycles. The van der Waals surface area contributed by atoms with Crippen LogP contribution in [0.2, 0.25) is 0 Å². The largest absolute Gasteiger partial charge is 0.466 e. The summed E-state index contributed by atoms with van der Waals surface area (Å²) < 4.78 is 11.9. The lowest BCUT2D eigenvalue weighted by molar-refractivity contribution is -0.154. The Hall–Kier alpha value is -2.75. The van der Waals surface area contributed by atoms with Gasteiger partial charge < -0.3 is 24.4 Å². The Kier molecular flexibility index (Phi) is 7.62. The average molecular weight is 585 g/mol. The predicted molar refractivity (Wildman–Crippen MR) is 147 cm³/mol. The molecular weight excluding hydrogens is 552 g/mol. The summed E-state index contributed by atoms with van der Waals surface area (Å²) in [5.41, 5.74) is -0.457. The third-order valence-corrected chi connectivity index (χ3v) is 8.86. The summed E-state index contributed by atoms with van der Waals surface area (Å²) in [6.45, 7) is 6.31. The van der Waals surface area contributed by atoms with Crippen molar-refractivity contribution >= 4 is 50.2 Å². The summed E-state index contributed by atoms with van der Waals surface area (Å²) in [5, 5.41) is 11.4. The highest BCUT2D eigenvalue weighted by atomic mass is 79.9. The number of ether oxygens (including phenoxy) is 2. The average Bonchev–Trinajstić information content (AvgIpc) is 3.50. The lowest BCUT2D eigenvalue weighted by Gasteiger charge is -2.37. The van der Waals surface area contributed by atoms with Gasteiger partial charge in [-0.15, -0.1) is 6.58 Å². The van der Waals surface area contributed by atoms with Gasteiger partial charge in [-0.3, -0.25) is 14.4 Å². The van der Waals surface area contributed by atoms with Crippen LogP contribution < -0.4 is 4.90 Å². The van der Waals surface area contributed by atoms with Crippen molar-refractivity contribution in [3.05, 3.63) is 55.1 Å². The number of aliphatic hydroxyl groups is 1. The van der Waals surface area contributed by atoms with E-state index in [1.807, 2.05) is 42.5 Å². The molecule has 9 heteroatoms. The first kappa shape index (κ1) is 26.8. The molecule has 5 rings (SSSR count). The fourth-order valence-electron chi connectivity index (χ4n) is 6.50. The number of esters is 1. The molecule has 1 N–H and O–H groups in total. The monoisotopic (exact) mass is 584 g/mol. The molecule has 0 saturated carbocycles. The number of nitrogens with zero attached hydrogens (tertiary/aromatic N) is 2. The normalized spacial score (nSPS) is 29.5. The van der Waals surface area contributed by atoms with Gasteiger partial charge in [0.2, 0.25) is 5.91 Å². The van der Waals surface area contributed by atoms with Gasteiger partial charge in [0.15, 0.2) is 0 Å². The van der Waals surface area contributed by atoms with Gasteiger partial charge in [0.05, 0.1) is 24.5 Å². The van der Waals surface area contributed by atoms with Gasteiger partial charge in [-0.25, -0.2) is 0 Å². The van der Waals surface area contributed by atoms with E-state index in [0.717, 1.165) is 10.8 Å². The highest BCUT2D eigenvalue weighted by molar-refractivity contribution is 9.09. The minimum atomic E-state index is -1.15. The maximum Gasteiger partial charge on any atom is 0.312 e. The number of halogens is 1. The Morgan fingerprint density at radius 2 is 2.03 bits per heavy atom. The zero-order chi connectivity index (χ0) is 27.0. The van der Waals surface area contributed by atoms with Crippen LogP contribution in [0, 0.1) is 11.8 Å². The van der Waals surface area contributed by atoms with Crippen molar-refractivity contribution < 1.29 is 29.0 Å². The van der Waals surface area contributed by atoms with E-state index >= 15 is 0 Å². The Morgan fingerprint density at radius 1 is 1.26 bits per heavy atom. The number of anilines is 1. The SMILES string of the molecule is C=CCN(C(=O)[C@@H]1N(CCCCO)C(=O)[C@H]2[C@H](C(=O)OCC)[C@H]3O[C@@]12CC3Br)c1ccc2ccccc2c1. The molecule has 1 spiro atoms. The number of benzene rings is 2. The molecule has 2 amide bonds. The van der Waals surface area contributed by atoms with Crippen LogP contribution in [0.3, 0.4) is 0 Å². The van der Waals surface area contributed by atoms with Crippen LogP contribution in [0.4, 0.5) is 5.69 Å². The van der Waals surface area contributed by atoms with Crippen LogP contribution in [0.5, 0.6) is 0 Å². The van der Waals surface area contributed by atoms with Crippen LogP contribution in [0.25, 0.3) is 10.8 Å². The van der Waals surface area contributed by atoms with E-state index in [9.17, 15) is 19.5 Å². The van der Waals surface area contributed by atoms with Crippen LogP contribution >= 0.6 is 15.9 Å². The van der Waals surface area contributed by atoms with E-state index in [4.69, 9.17) is 9.47 Å². The third kappa shape index (κ3) is 4.25. The van der Waals surface area contributed by atoms with Gasteiger partial charge in [0.25, 0.3) is 5.91 Å². The summed E-state index contributed by atoms with van der Waals surface area (Å²) in [4.78, 5) is 44.6. The molecule has 202 valence electrons. The lowest BCUT2D eigenvalue weighted by atomic mass is 9.70. The molecule has 6 atom stereocenters. The van der Waals surface area contributed by atoms with Gasteiger partial charge in [-0.2, -0.15) is 0 Å². The van der Waals surface area contributed by atoms with Crippen molar-refractivity contribution in [1.29, 1.82) is 0 Å². The van der Waals surface area contributed by atoms with Crippen molar-refractivity contribution in [2.45, 2.75) is 48.8 Å². The smallest absolute Gasteiger partial charge is 0.312 e. The van der Waals surface area contributed by atoms with Crippen LogP contribution in [0.15, 0.2) is 55.1 Å². The molecule has 3 aliphatic rings. The molecule has 3 aliphatic heterocycles. The molecule has 8 nitrogen and oxygen atoms in total. The molecule has 0 radical (unpaired) electrons. The fourth-order valence-corrected chi connectivity index (χ4v) is 7.44. The first-order valence-corrected chi connectivity index (χ1v) is 14.1. The van der Waals surface area contributed by atoms with Crippen LogP contribution in [-0.4, -0.2) is 76.7 Å². The number of carbonyl (C=O) groups excluding carboxylic acids is 3. The fraction of sp³-hybridized carbons (Fsp3) is 0.483. The first-order valence-electron chi connectivity index (χ1n) is 13.2. The number of rotatable bonds is 10. The number of hydrogen-bond acceptors (Lipinski definition) is 6. The van der Waals surface area contributed by atoms with Crippen molar-refractivity contribution in [3.8, 4) is 0 Å². The number of fused-ring (bicyclic) bond motifs is 2. The third-order valence-electron chi connectivity index (χ3n) is 8.01. The van der Waals surface area contributed by atoms with E-state index in [2.05, 4.69) is 22.5 Å². The van der Waals surface area contributed by atoms with E-state index in [0.29, 0.717) is 24.9 Å². The minimum absolute atomic E-state index is 0.0115. The summed E-state index contributed by atoms with van der Waals surface area (Å²) in [6, 6.07) is 12.8. The van der Waals surface area contributed by atoms with E-state index < -0.39 is 35.6 Å².